The lowest BCUT2D eigenvalue weighted by molar-refractivity contribution is 0.555. The van der Waals surface area contributed by atoms with Crippen molar-refractivity contribution in [3.8, 4) is 0 Å². The monoisotopic (exact) mass is 302 g/mol. The Morgan fingerprint density at radius 1 is 0.950 bits per heavy atom. The molecule has 0 spiro atoms. The second-order valence-corrected chi connectivity index (χ2v) is 5.56. The molecule has 0 amide bonds. The summed E-state index contributed by atoms with van der Waals surface area (Å²) in [7, 11) is -4.42. The van der Waals surface area contributed by atoms with Gasteiger partial charge in [-0.15, -0.1) is 0 Å². The molecule has 0 radical (unpaired) electrons. The molecule has 0 heterocycles. The first-order chi connectivity index (χ1) is 9.29. The molecule has 0 aliphatic carbocycles. The van der Waals surface area contributed by atoms with Crippen molar-refractivity contribution in [2.45, 2.75) is 4.90 Å². The van der Waals surface area contributed by atoms with Gasteiger partial charge in [0.1, 0.15) is 22.3 Å². The van der Waals surface area contributed by atoms with Crippen LogP contribution in [0.1, 0.15) is 0 Å². The number of nitrogens with one attached hydrogen (secondary N) is 1. The van der Waals surface area contributed by atoms with Crippen molar-refractivity contribution in [1.29, 1.82) is 0 Å². The summed E-state index contributed by atoms with van der Waals surface area (Å²) in [5.41, 5.74) is 5.18. The van der Waals surface area contributed by atoms with Gasteiger partial charge in [-0.1, -0.05) is 0 Å². The van der Waals surface area contributed by atoms with E-state index in [0.29, 0.717) is 12.1 Å². The maximum atomic E-state index is 13.5. The number of sulfonamides is 1. The van der Waals surface area contributed by atoms with Crippen molar-refractivity contribution in [2.24, 2.45) is 0 Å². The lowest BCUT2D eigenvalue weighted by Crippen LogP contribution is -2.16. The van der Waals surface area contributed by atoms with E-state index < -0.39 is 32.4 Å². The zero-order valence-electron chi connectivity index (χ0n) is 9.90. The van der Waals surface area contributed by atoms with Crippen LogP contribution in [0.3, 0.4) is 0 Å². The highest BCUT2D eigenvalue weighted by atomic mass is 32.2. The smallest absolute Gasteiger partial charge is 0.264 e. The standard InChI is InChI=1S/C12H9F3N2O2S/c13-7-2-4-10(16)11(5-7)17-20(18,19)12-6-8(14)1-3-9(12)15/h1-6,17H,16H2. The lowest BCUT2D eigenvalue weighted by Gasteiger charge is -2.11. The molecule has 20 heavy (non-hydrogen) atoms. The average Bonchev–Trinajstić information content (AvgIpc) is 2.36. The first-order valence-electron chi connectivity index (χ1n) is 5.32. The average molecular weight is 302 g/mol. The molecule has 8 heteroatoms. The Bertz CT molecular complexity index is 763. The third kappa shape index (κ3) is 2.85. The van der Waals surface area contributed by atoms with Crippen LogP contribution in [0.5, 0.6) is 0 Å². The molecule has 106 valence electrons. The maximum absolute atomic E-state index is 13.5. The van der Waals surface area contributed by atoms with Gasteiger partial charge < -0.3 is 5.73 Å². The molecule has 2 aromatic carbocycles. The number of nitrogens with two attached hydrogens (primary N) is 1. The number of rotatable bonds is 3. The van der Waals surface area contributed by atoms with E-state index in [-0.39, 0.29) is 11.4 Å². The highest BCUT2D eigenvalue weighted by Gasteiger charge is 2.21. The molecule has 2 aromatic rings. The number of hydrogen-bond acceptors (Lipinski definition) is 3. The van der Waals surface area contributed by atoms with Gasteiger partial charge >= 0.3 is 0 Å². The summed E-state index contributed by atoms with van der Waals surface area (Å²) in [5.74, 6) is -2.77. The third-order valence-electron chi connectivity index (χ3n) is 2.44. The van der Waals surface area contributed by atoms with Crippen molar-refractivity contribution in [3.05, 3.63) is 53.8 Å². The highest BCUT2D eigenvalue weighted by Crippen LogP contribution is 2.24. The Balaban J connectivity index is 2.46. The summed E-state index contributed by atoms with van der Waals surface area (Å²) in [5, 5.41) is 0. The van der Waals surface area contributed by atoms with Gasteiger partial charge in [0.25, 0.3) is 10.0 Å². The van der Waals surface area contributed by atoms with Gasteiger partial charge in [-0.3, -0.25) is 4.72 Å². The van der Waals surface area contributed by atoms with Crippen molar-refractivity contribution in [3.63, 3.8) is 0 Å². The van der Waals surface area contributed by atoms with Crippen LogP contribution in [0.2, 0.25) is 0 Å². The van der Waals surface area contributed by atoms with Crippen molar-refractivity contribution in [2.75, 3.05) is 10.5 Å². The van der Waals surface area contributed by atoms with Gasteiger partial charge in [0, 0.05) is 6.07 Å². The zero-order valence-corrected chi connectivity index (χ0v) is 10.7. The van der Waals surface area contributed by atoms with E-state index in [9.17, 15) is 21.6 Å². The minimum Gasteiger partial charge on any atom is -0.397 e. The van der Waals surface area contributed by atoms with E-state index in [2.05, 4.69) is 0 Å². The van der Waals surface area contributed by atoms with Gasteiger partial charge in [-0.05, 0) is 30.3 Å². The Kier molecular flexibility index (Phi) is 3.58. The van der Waals surface area contributed by atoms with Gasteiger partial charge in [-0.25, -0.2) is 21.6 Å². The first kappa shape index (κ1) is 14.2. The highest BCUT2D eigenvalue weighted by molar-refractivity contribution is 7.92. The summed E-state index contributed by atoms with van der Waals surface area (Å²) in [6.45, 7) is 0. The quantitative estimate of drug-likeness (QED) is 0.856. The summed E-state index contributed by atoms with van der Waals surface area (Å²) in [6.07, 6.45) is 0. The molecule has 2 rings (SSSR count). The van der Waals surface area contributed by atoms with Crippen LogP contribution in [0.25, 0.3) is 0 Å². The van der Waals surface area contributed by atoms with Crippen LogP contribution < -0.4 is 10.5 Å². The number of anilines is 2. The Morgan fingerprint density at radius 3 is 2.25 bits per heavy atom. The molecule has 3 N–H and O–H groups in total. The molecule has 0 atom stereocenters. The second kappa shape index (κ2) is 5.04. The number of halogens is 3. The summed E-state index contributed by atoms with van der Waals surface area (Å²) >= 11 is 0. The van der Waals surface area contributed by atoms with E-state index in [1.807, 2.05) is 4.72 Å². The van der Waals surface area contributed by atoms with Crippen LogP contribution in [0.4, 0.5) is 24.5 Å². The van der Waals surface area contributed by atoms with Gasteiger partial charge in [0.2, 0.25) is 0 Å². The van der Waals surface area contributed by atoms with Gasteiger partial charge in [0.05, 0.1) is 11.4 Å². The molecule has 0 fully saturated rings. The topological polar surface area (TPSA) is 72.2 Å². The second-order valence-electron chi connectivity index (χ2n) is 3.91. The molecule has 0 aliphatic heterocycles. The number of benzene rings is 2. The molecule has 4 nitrogen and oxygen atoms in total. The minimum atomic E-state index is -4.42. The normalized spacial score (nSPS) is 11.3. The Hall–Kier alpha value is -2.22. The van der Waals surface area contributed by atoms with E-state index in [1.165, 1.54) is 0 Å². The molecule has 0 aliphatic rings. The minimum absolute atomic E-state index is 0.0493. The SMILES string of the molecule is Nc1ccc(F)cc1NS(=O)(=O)c1cc(F)ccc1F. The molecule has 0 bridgehead atoms. The third-order valence-corrected chi connectivity index (χ3v) is 3.82. The molecule has 0 saturated carbocycles. The van der Waals surface area contributed by atoms with Crippen LogP contribution in [0, 0.1) is 17.5 Å². The van der Waals surface area contributed by atoms with E-state index >= 15 is 0 Å². The Morgan fingerprint density at radius 2 is 1.55 bits per heavy atom. The largest absolute Gasteiger partial charge is 0.397 e. The zero-order chi connectivity index (χ0) is 14.9. The molecular formula is C12H9F3N2O2S. The fourth-order valence-corrected chi connectivity index (χ4v) is 2.67. The van der Waals surface area contributed by atoms with Crippen LogP contribution in [0.15, 0.2) is 41.3 Å². The summed E-state index contributed by atoms with van der Waals surface area (Å²) in [6, 6.07) is 5.01. The fourth-order valence-electron chi connectivity index (χ4n) is 1.50. The fraction of sp³-hybridized carbons (Fsp3) is 0. The van der Waals surface area contributed by atoms with E-state index in [0.717, 1.165) is 24.3 Å². The molecular weight excluding hydrogens is 293 g/mol. The summed E-state index contributed by atoms with van der Waals surface area (Å²) in [4.78, 5) is -0.888. The first-order valence-corrected chi connectivity index (χ1v) is 6.81. The number of hydrogen-bond donors (Lipinski definition) is 2. The van der Waals surface area contributed by atoms with Gasteiger partial charge in [-0.2, -0.15) is 0 Å². The maximum Gasteiger partial charge on any atom is 0.264 e. The number of nitrogen functional groups attached to an aromatic ring is 1. The molecule has 0 aromatic heterocycles. The van der Waals surface area contributed by atoms with Crippen LogP contribution in [-0.4, -0.2) is 8.42 Å². The van der Waals surface area contributed by atoms with Crippen LogP contribution >= 0.6 is 0 Å². The van der Waals surface area contributed by atoms with Gasteiger partial charge in [0.15, 0.2) is 0 Å². The summed E-state index contributed by atoms with van der Waals surface area (Å²) < 4.78 is 65.3. The van der Waals surface area contributed by atoms with Crippen LogP contribution in [-0.2, 0) is 10.0 Å². The predicted molar refractivity (Wildman–Crippen MR) is 68.0 cm³/mol. The van der Waals surface area contributed by atoms with Crippen molar-refractivity contribution >= 4 is 21.4 Å². The van der Waals surface area contributed by atoms with E-state index in [1.54, 1.807) is 0 Å². The lowest BCUT2D eigenvalue weighted by atomic mass is 10.3. The predicted octanol–water partition coefficient (Wildman–Crippen LogP) is 2.49. The van der Waals surface area contributed by atoms with E-state index in [4.69, 9.17) is 5.73 Å². The molecule has 0 unspecified atom stereocenters. The van der Waals surface area contributed by atoms with Crippen molar-refractivity contribution < 1.29 is 21.6 Å². The van der Waals surface area contributed by atoms with Crippen molar-refractivity contribution in [1.82, 2.24) is 0 Å². The Labute approximate surface area is 113 Å². The molecule has 0 saturated heterocycles.